The summed E-state index contributed by atoms with van der Waals surface area (Å²) in [7, 11) is 1.53. The molecule has 19 heavy (non-hydrogen) atoms. The van der Waals surface area contributed by atoms with E-state index in [4.69, 9.17) is 21.2 Å². The zero-order chi connectivity index (χ0) is 14.8. The fraction of sp³-hybridized carbons (Fsp3) is 0.417. The average molecular weight is 306 g/mol. The molecular weight excluding hydrogens is 290 g/mol. The number of amides is 1. The van der Waals surface area contributed by atoms with Crippen LogP contribution in [0.1, 0.15) is 24.5 Å². The van der Waals surface area contributed by atoms with Crippen molar-refractivity contribution < 1.29 is 17.9 Å². The number of halogens is 1. The van der Waals surface area contributed by atoms with Gasteiger partial charge in [-0.2, -0.15) is 0 Å². The van der Waals surface area contributed by atoms with Gasteiger partial charge in [0.2, 0.25) is 0 Å². The van der Waals surface area contributed by atoms with Crippen molar-refractivity contribution in [1.82, 2.24) is 0 Å². The normalized spacial score (nSPS) is 13.1. The topological polar surface area (TPSA) is 86.5 Å². The Morgan fingerprint density at radius 3 is 2.37 bits per heavy atom. The van der Waals surface area contributed by atoms with Crippen LogP contribution in [0.3, 0.4) is 0 Å². The maximum absolute atomic E-state index is 11.4. The molecule has 1 unspecified atom stereocenters. The summed E-state index contributed by atoms with van der Waals surface area (Å²) >= 11 is 0. The summed E-state index contributed by atoms with van der Waals surface area (Å²) in [6, 6.07) is 2.96. The van der Waals surface area contributed by atoms with E-state index < -0.39 is 21.1 Å². The standard InChI is InChI=1S/C12H16ClNO4S/c1-4-9(12(14)15)18-10-5-8(3)11(6-7(10)2)19(13,16)17/h5-6,9H,4H2,1-3H3,(H2,14,15). The van der Waals surface area contributed by atoms with E-state index in [0.29, 0.717) is 23.3 Å². The Labute approximate surface area is 117 Å². The number of carbonyl (C=O) groups excluding carboxylic acids is 1. The van der Waals surface area contributed by atoms with Gasteiger partial charge in [0.1, 0.15) is 5.75 Å². The highest BCUT2D eigenvalue weighted by Gasteiger charge is 2.19. The molecule has 5 nitrogen and oxygen atoms in total. The molecule has 1 aromatic rings. The fourth-order valence-electron chi connectivity index (χ4n) is 1.65. The number of hydrogen-bond acceptors (Lipinski definition) is 4. The van der Waals surface area contributed by atoms with E-state index in [9.17, 15) is 13.2 Å². The minimum atomic E-state index is -3.80. The maximum atomic E-state index is 11.4. The first kappa shape index (κ1) is 15.8. The molecule has 1 atom stereocenters. The predicted octanol–water partition coefficient (Wildman–Crippen LogP) is 1.87. The summed E-state index contributed by atoms with van der Waals surface area (Å²) in [6.45, 7) is 5.05. The zero-order valence-electron chi connectivity index (χ0n) is 10.9. The Morgan fingerprint density at radius 2 is 1.95 bits per heavy atom. The van der Waals surface area contributed by atoms with Crippen LogP contribution in [0, 0.1) is 13.8 Å². The Kier molecular flexibility index (Phi) is 4.81. The minimum absolute atomic E-state index is 0.0335. The van der Waals surface area contributed by atoms with Crippen molar-refractivity contribution in [3.8, 4) is 5.75 Å². The van der Waals surface area contributed by atoms with Crippen molar-refractivity contribution in [3.63, 3.8) is 0 Å². The van der Waals surface area contributed by atoms with Crippen molar-refractivity contribution >= 4 is 25.6 Å². The van der Waals surface area contributed by atoms with Crippen molar-refractivity contribution in [2.24, 2.45) is 5.73 Å². The molecule has 1 aromatic carbocycles. The molecule has 0 heterocycles. The molecule has 0 saturated heterocycles. The van der Waals surface area contributed by atoms with Crippen LogP contribution >= 0.6 is 10.7 Å². The van der Waals surface area contributed by atoms with E-state index >= 15 is 0 Å². The van der Waals surface area contributed by atoms with Crippen LogP contribution in [-0.4, -0.2) is 20.4 Å². The number of carbonyl (C=O) groups is 1. The Bertz CT molecular complexity index is 598. The SMILES string of the molecule is CCC(Oc1cc(C)c(S(=O)(=O)Cl)cc1C)C(N)=O. The highest BCUT2D eigenvalue weighted by molar-refractivity contribution is 8.13. The van der Waals surface area contributed by atoms with Gasteiger partial charge < -0.3 is 10.5 Å². The number of rotatable bonds is 5. The number of nitrogens with two attached hydrogens (primary N) is 1. The van der Waals surface area contributed by atoms with E-state index in [2.05, 4.69) is 0 Å². The molecule has 106 valence electrons. The van der Waals surface area contributed by atoms with Crippen LogP contribution < -0.4 is 10.5 Å². The molecule has 0 radical (unpaired) electrons. The van der Waals surface area contributed by atoms with E-state index in [1.54, 1.807) is 20.8 Å². The van der Waals surface area contributed by atoms with Crippen LogP contribution in [-0.2, 0) is 13.8 Å². The summed E-state index contributed by atoms with van der Waals surface area (Å²) < 4.78 is 28.2. The van der Waals surface area contributed by atoms with Gasteiger partial charge in [0.15, 0.2) is 6.10 Å². The molecule has 1 amide bonds. The Morgan fingerprint density at radius 1 is 1.37 bits per heavy atom. The van der Waals surface area contributed by atoms with Crippen LogP contribution in [0.4, 0.5) is 0 Å². The van der Waals surface area contributed by atoms with Crippen molar-refractivity contribution in [2.45, 2.75) is 38.2 Å². The van der Waals surface area contributed by atoms with Crippen LogP contribution in [0.15, 0.2) is 17.0 Å². The second-order valence-corrected chi connectivity index (χ2v) is 6.77. The quantitative estimate of drug-likeness (QED) is 0.841. The molecule has 2 N–H and O–H groups in total. The van der Waals surface area contributed by atoms with E-state index in [1.165, 1.54) is 12.1 Å². The summed E-state index contributed by atoms with van der Waals surface area (Å²) in [4.78, 5) is 11.2. The first-order valence-corrected chi connectivity index (χ1v) is 7.99. The molecule has 0 aliphatic carbocycles. The highest BCUT2D eigenvalue weighted by Crippen LogP contribution is 2.28. The Hall–Kier alpha value is -1.27. The van der Waals surface area contributed by atoms with Gasteiger partial charge in [-0.1, -0.05) is 6.92 Å². The highest BCUT2D eigenvalue weighted by atomic mass is 35.7. The van der Waals surface area contributed by atoms with E-state index in [1.807, 2.05) is 0 Å². The van der Waals surface area contributed by atoms with Crippen molar-refractivity contribution in [3.05, 3.63) is 23.3 Å². The molecule has 7 heteroatoms. The summed E-state index contributed by atoms with van der Waals surface area (Å²) in [6.07, 6.45) is -0.305. The largest absolute Gasteiger partial charge is 0.480 e. The third-order valence-electron chi connectivity index (χ3n) is 2.69. The van der Waals surface area contributed by atoms with E-state index in [-0.39, 0.29) is 4.90 Å². The first-order chi connectivity index (χ1) is 8.66. The van der Waals surface area contributed by atoms with Crippen LogP contribution in [0.25, 0.3) is 0 Å². The molecule has 0 fully saturated rings. The van der Waals surface area contributed by atoms with Gasteiger partial charge >= 0.3 is 0 Å². The fourth-order valence-corrected chi connectivity index (χ4v) is 2.91. The molecule has 0 spiro atoms. The van der Waals surface area contributed by atoms with Gasteiger partial charge in [0, 0.05) is 10.7 Å². The number of aryl methyl sites for hydroxylation is 2. The second-order valence-electron chi connectivity index (χ2n) is 4.24. The molecule has 0 aliphatic heterocycles. The van der Waals surface area contributed by atoms with Gasteiger partial charge in [-0.15, -0.1) is 0 Å². The van der Waals surface area contributed by atoms with Gasteiger partial charge in [0.25, 0.3) is 15.0 Å². The maximum Gasteiger partial charge on any atom is 0.261 e. The second kappa shape index (κ2) is 5.79. The third-order valence-corrected chi connectivity index (χ3v) is 4.16. The lowest BCUT2D eigenvalue weighted by Crippen LogP contribution is -2.33. The van der Waals surface area contributed by atoms with Gasteiger partial charge in [-0.3, -0.25) is 4.79 Å². The third kappa shape index (κ3) is 3.84. The van der Waals surface area contributed by atoms with Gasteiger partial charge in [-0.05, 0) is 43.5 Å². The van der Waals surface area contributed by atoms with Gasteiger partial charge in [-0.25, -0.2) is 8.42 Å². The monoisotopic (exact) mass is 305 g/mol. The molecule has 0 aromatic heterocycles. The van der Waals surface area contributed by atoms with Crippen LogP contribution in [0.5, 0.6) is 5.75 Å². The van der Waals surface area contributed by atoms with Crippen molar-refractivity contribution in [1.29, 1.82) is 0 Å². The lowest BCUT2D eigenvalue weighted by Gasteiger charge is -2.17. The van der Waals surface area contributed by atoms with Gasteiger partial charge in [0.05, 0.1) is 4.90 Å². The van der Waals surface area contributed by atoms with E-state index in [0.717, 1.165) is 0 Å². The number of primary amides is 1. The Balaban J connectivity index is 3.20. The predicted molar refractivity (Wildman–Crippen MR) is 72.9 cm³/mol. The minimum Gasteiger partial charge on any atom is -0.480 e. The average Bonchev–Trinajstić information content (AvgIpc) is 2.27. The molecule has 0 saturated carbocycles. The number of hydrogen-bond donors (Lipinski definition) is 1. The lowest BCUT2D eigenvalue weighted by molar-refractivity contribution is -0.124. The molecule has 0 aliphatic rings. The molecule has 0 bridgehead atoms. The smallest absolute Gasteiger partial charge is 0.261 e. The summed E-state index contributed by atoms with van der Waals surface area (Å²) in [5.41, 5.74) is 6.23. The van der Waals surface area contributed by atoms with Crippen LogP contribution in [0.2, 0.25) is 0 Å². The zero-order valence-corrected chi connectivity index (χ0v) is 12.5. The summed E-state index contributed by atoms with van der Waals surface area (Å²) in [5, 5.41) is 0. The first-order valence-electron chi connectivity index (χ1n) is 5.68. The molecular formula is C12H16ClNO4S. The number of benzene rings is 1. The lowest BCUT2D eigenvalue weighted by atomic mass is 10.1. The van der Waals surface area contributed by atoms with Crippen molar-refractivity contribution in [2.75, 3.05) is 0 Å². The number of ether oxygens (including phenoxy) is 1. The molecule has 1 rings (SSSR count). The summed E-state index contributed by atoms with van der Waals surface area (Å²) in [5.74, 6) is -0.138.